The van der Waals surface area contributed by atoms with E-state index < -0.39 is 5.54 Å². The number of benzene rings is 1. The molecule has 0 radical (unpaired) electrons. The lowest BCUT2D eigenvalue weighted by Crippen LogP contribution is -2.46. The number of hydrogen-bond donors (Lipinski definition) is 2. The molecule has 1 amide bonds. The number of hydrogen-bond acceptors (Lipinski definition) is 3. The second-order valence-electron chi connectivity index (χ2n) is 6.35. The van der Waals surface area contributed by atoms with E-state index in [0.717, 1.165) is 19.3 Å². The van der Waals surface area contributed by atoms with Gasteiger partial charge in [-0.05, 0) is 50.3 Å². The average molecular weight is 289 g/mol. The summed E-state index contributed by atoms with van der Waals surface area (Å²) in [6, 6.07) is 5.87. The zero-order chi connectivity index (χ0) is 15.5. The van der Waals surface area contributed by atoms with Crippen LogP contribution in [-0.2, 0) is 17.6 Å². The molecule has 0 bridgehead atoms. The molecule has 1 aromatic rings. The van der Waals surface area contributed by atoms with Crippen LogP contribution in [0.2, 0.25) is 0 Å². The number of fused-ring (bicyclic) bond motifs is 1. The Morgan fingerprint density at radius 3 is 2.62 bits per heavy atom. The highest BCUT2D eigenvalue weighted by Gasteiger charge is 2.20. The summed E-state index contributed by atoms with van der Waals surface area (Å²) in [5, 5.41) is 11.8. The van der Waals surface area contributed by atoms with Gasteiger partial charge < -0.3 is 10.4 Å². The largest absolute Gasteiger partial charge is 0.394 e. The van der Waals surface area contributed by atoms with Gasteiger partial charge in [-0.15, -0.1) is 0 Å². The first-order valence-electron chi connectivity index (χ1n) is 7.48. The normalized spacial score (nSPS) is 13.9. The molecule has 4 heteroatoms. The molecule has 0 heterocycles. The van der Waals surface area contributed by atoms with Crippen LogP contribution in [0.25, 0.3) is 0 Å². The van der Waals surface area contributed by atoms with Crippen molar-refractivity contribution in [2.45, 2.75) is 51.5 Å². The maximum atomic E-state index is 12.2. The molecule has 4 nitrogen and oxygen atoms in total. The van der Waals surface area contributed by atoms with Crippen molar-refractivity contribution in [2.24, 2.45) is 0 Å². The monoisotopic (exact) mass is 289 g/mol. The summed E-state index contributed by atoms with van der Waals surface area (Å²) < 4.78 is 0. The van der Waals surface area contributed by atoms with Crippen LogP contribution < -0.4 is 5.32 Å². The van der Waals surface area contributed by atoms with E-state index in [2.05, 4.69) is 5.32 Å². The summed E-state index contributed by atoms with van der Waals surface area (Å²) >= 11 is 0. The van der Waals surface area contributed by atoms with Crippen LogP contribution >= 0.6 is 0 Å². The van der Waals surface area contributed by atoms with Crippen molar-refractivity contribution in [1.29, 1.82) is 0 Å². The molecular formula is C17H23NO3. The Morgan fingerprint density at radius 2 is 1.90 bits per heavy atom. The van der Waals surface area contributed by atoms with Gasteiger partial charge >= 0.3 is 0 Å². The van der Waals surface area contributed by atoms with Crippen LogP contribution in [-0.4, -0.2) is 28.9 Å². The lowest BCUT2D eigenvalue weighted by atomic mass is 10.0. The number of carbonyl (C=O) groups excluding carboxylic acids is 2. The highest BCUT2D eigenvalue weighted by molar-refractivity contribution is 5.98. The fourth-order valence-corrected chi connectivity index (χ4v) is 2.60. The Bertz CT molecular complexity index is 549. The number of aliphatic hydroxyl groups is 1. The van der Waals surface area contributed by atoms with Crippen molar-refractivity contribution in [3.05, 3.63) is 34.9 Å². The number of carbonyl (C=O) groups is 2. The van der Waals surface area contributed by atoms with Crippen LogP contribution in [0.15, 0.2) is 18.2 Å². The predicted molar refractivity (Wildman–Crippen MR) is 81.3 cm³/mol. The summed E-state index contributed by atoms with van der Waals surface area (Å²) in [7, 11) is 0. The van der Waals surface area contributed by atoms with Crippen molar-refractivity contribution in [1.82, 2.24) is 5.32 Å². The molecule has 0 saturated heterocycles. The number of nitrogens with one attached hydrogen (secondary N) is 1. The Labute approximate surface area is 125 Å². The van der Waals surface area contributed by atoms with Gasteiger partial charge in [0.05, 0.1) is 12.1 Å². The van der Waals surface area contributed by atoms with Gasteiger partial charge in [0.15, 0.2) is 5.78 Å². The molecular weight excluding hydrogens is 266 g/mol. The number of Topliss-reactive ketones (excluding diaryl/α,β-unsaturated/α-hetero) is 1. The molecule has 114 valence electrons. The molecule has 2 rings (SSSR count). The molecule has 0 unspecified atom stereocenters. The molecule has 0 aliphatic heterocycles. The van der Waals surface area contributed by atoms with E-state index in [1.165, 1.54) is 11.1 Å². The quantitative estimate of drug-likeness (QED) is 0.787. The number of rotatable bonds is 6. The molecule has 0 fully saturated rings. The van der Waals surface area contributed by atoms with Gasteiger partial charge in [-0.3, -0.25) is 9.59 Å². The van der Waals surface area contributed by atoms with E-state index in [4.69, 9.17) is 5.11 Å². The standard InChI is InChI=1S/C17H23NO3/c1-17(2,11-19)18-16(21)9-8-15(20)14-7-6-12-4-3-5-13(12)10-14/h6-7,10,19H,3-5,8-9,11H2,1-2H3,(H,18,21). The molecule has 1 aromatic carbocycles. The van der Waals surface area contributed by atoms with Crippen LogP contribution in [0, 0.1) is 0 Å². The van der Waals surface area contributed by atoms with Crippen molar-refractivity contribution in [2.75, 3.05) is 6.61 Å². The van der Waals surface area contributed by atoms with Gasteiger partial charge in [-0.25, -0.2) is 0 Å². The molecule has 0 aromatic heterocycles. The minimum Gasteiger partial charge on any atom is -0.394 e. The third kappa shape index (κ3) is 4.14. The molecule has 0 atom stereocenters. The van der Waals surface area contributed by atoms with E-state index in [1.807, 2.05) is 18.2 Å². The first kappa shape index (κ1) is 15.7. The lowest BCUT2D eigenvalue weighted by Gasteiger charge is -2.23. The second-order valence-corrected chi connectivity index (χ2v) is 6.35. The Balaban J connectivity index is 1.89. The molecule has 0 spiro atoms. The third-order valence-electron chi connectivity index (χ3n) is 3.87. The van der Waals surface area contributed by atoms with E-state index >= 15 is 0 Å². The topological polar surface area (TPSA) is 66.4 Å². The van der Waals surface area contributed by atoms with Crippen molar-refractivity contribution in [3.63, 3.8) is 0 Å². The number of aryl methyl sites for hydroxylation is 2. The van der Waals surface area contributed by atoms with Crippen molar-refractivity contribution < 1.29 is 14.7 Å². The Hall–Kier alpha value is -1.68. The summed E-state index contributed by atoms with van der Waals surface area (Å²) in [6.07, 6.45) is 3.65. The van der Waals surface area contributed by atoms with Gasteiger partial charge in [-0.1, -0.05) is 12.1 Å². The fourth-order valence-electron chi connectivity index (χ4n) is 2.60. The smallest absolute Gasteiger partial charge is 0.220 e. The van der Waals surface area contributed by atoms with E-state index in [1.54, 1.807) is 13.8 Å². The van der Waals surface area contributed by atoms with Gasteiger partial charge in [-0.2, -0.15) is 0 Å². The maximum Gasteiger partial charge on any atom is 0.220 e. The van der Waals surface area contributed by atoms with Crippen LogP contribution in [0.5, 0.6) is 0 Å². The van der Waals surface area contributed by atoms with Gasteiger partial charge in [0.1, 0.15) is 0 Å². The van der Waals surface area contributed by atoms with E-state index in [-0.39, 0.29) is 31.1 Å². The highest BCUT2D eigenvalue weighted by Crippen LogP contribution is 2.23. The predicted octanol–water partition coefficient (Wildman–Crippen LogP) is 2.03. The lowest BCUT2D eigenvalue weighted by molar-refractivity contribution is -0.123. The van der Waals surface area contributed by atoms with Crippen LogP contribution in [0.1, 0.15) is 54.6 Å². The molecule has 1 aliphatic carbocycles. The average Bonchev–Trinajstić information content (AvgIpc) is 2.91. The van der Waals surface area contributed by atoms with Crippen LogP contribution in [0.4, 0.5) is 0 Å². The summed E-state index contributed by atoms with van der Waals surface area (Å²) in [5.74, 6) is -0.204. The molecule has 2 N–H and O–H groups in total. The minimum atomic E-state index is -0.645. The SMILES string of the molecule is CC(C)(CO)NC(=O)CCC(=O)c1ccc2c(c1)CCC2. The van der Waals surface area contributed by atoms with Crippen molar-refractivity contribution in [3.8, 4) is 0 Å². The van der Waals surface area contributed by atoms with E-state index in [0.29, 0.717) is 5.56 Å². The summed E-state index contributed by atoms with van der Waals surface area (Å²) in [4.78, 5) is 23.9. The zero-order valence-corrected chi connectivity index (χ0v) is 12.7. The second kappa shape index (κ2) is 6.39. The van der Waals surface area contributed by atoms with Gasteiger partial charge in [0.2, 0.25) is 5.91 Å². The molecule has 0 saturated carbocycles. The van der Waals surface area contributed by atoms with Gasteiger partial charge in [0, 0.05) is 18.4 Å². The van der Waals surface area contributed by atoms with Crippen LogP contribution in [0.3, 0.4) is 0 Å². The van der Waals surface area contributed by atoms with E-state index in [9.17, 15) is 9.59 Å². The number of amides is 1. The first-order chi connectivity index (χ1) is 9.91. The number of ketones is 1. The maximum absolute atomic E-state index is 12.2. The zero-order valence-electron chi connectivity index (χ0n) is 12.7. The van der Waals surface area contributed by atoms with Crippen molar-refractivity contribution >= 4 is 11.7 Å². The first-order valence-corrected chi connectivity index (χ1v) is 7.48. The summed E-state index contributed by atoms with van der Waals surface area (Å²) in [5.41, 5.74) is 2.67. The Morgan fingerprint density at radius 1 is 1.19 bits per heavy atom. The molecule has 1 aliphatic rings. The Kier molecular flexibility index (Phi) is 4.78. The summed E-state index contributed by atoms with van der Waals surface area (Å²) in [6.45, 7) is 3.36. The fraction of sp³-hybridized carbons (Fsp3) is 0.529. The minimum absolute atomic E-state index is 0.00153. The van der Waals surface area contributed by atoms with Gasteiger partial charge in [0.25, 0.3) is 0 Å². The third-order valence-corrected chi connectivity index (χ3v) is 3.87. The molecule has 21 heavy (non-hydrogen) atoms. The highest BCUT2D eigenvalue weighted by atomic mass is 16.3. The number of aliphatic hydroxyl groups excluding tert-OH is 1.